The van der Waals surface area contributed by atoms with Gasteiger partial charge in [-0.15, -0.1) is 0 Å². The Balaban J connectivity index is 1.67. The Labute approximate surface area is 151 Å². The van der Waals surface area contributed by atoms with Crippen molar-refractivity contribution < 1.29 is 9.53 Å². The summed E-state index contributed by atoms with van der Waals surface area (Å²) >= 11 is 0. The molecule has 1 N–H and O–H groups in total. The fourth-order valence-electron chi connectivity index (χ4n) is 4.21. The largest absolute Gasteiger partial charge is 0.497 e. The van der Waals surface area contributed by atoms with Gasteiger partial charge in [-0.05, 0) is 38.1 Å². The van der Waals surface area contributed by atoms with Gasteiger partial charge in [-0.3, -0.25) is 9.69 Å². The highest BCUT2D eigenvalue weighted by Gasteiger charge is 2.39. The van der Waals surface area contributed by atoms with Crippen LogP contribution in [-0.2, 0) is 0 Å². The molecule has 0 radical (unpaired) electrons. The molecule has 0 spiro atoms. The van der Waals surface area contributed by atoms with Gasteiger partial charge >= 0.3 is 0 Å². The zero-order chi connectivity index (χ0) is 17.7. The number of rotatable bonds is 5. The minimum Gasteiger partial charge on any atom is -0.497 e. The Bertz CT molecular complexity index is 576. The Hall–Kier alpha value is -1.59. The standard InChI is InChI=1S/C20H31N3O2/c1-22-11-13-23(14-12-22)20(9-4-3-5-10-20)16-21-19(24)17-7-6-8-18(15-17)25-2/h6-8,15H,3-5,9-14,16H2,1-2H3,(H,21,24). The first-order chi connectivity index (χ1) is 12.1. The number of likely N-dealkylation sites (N-methyl/N-ethyl adjacent to an activating group) is 1. The third-order valence-corrected chi connectivity index (χ3v) is 5.87. The van der Waals surface area contributed by atoms with E-state index in [1.165, 1.54) is 32.1 Å². The molecular weight excluding hydrogens is 314 g/mol. The smallest absolute Gasteiger partial charge is 0.251 e. The number of piperazine rings is 1. The van der Waals surface area contributed by atoms with Crippen LogP contribution in [0.5, 0.6) is 5.75 Å². The predicted molar refractivity (Wildman–Crippen MR) is 100 cm³/mol. The molecule has 1 aromatic rings. The number of hydrogen-bond donors (Lipinski definition) is 1. The summed E-state index contributed by atoms with van der Waals surface area (Å²) in [5, 5.41) is 3.22. The molecule has 1 aliphatic carbocycles. The van der Waals surface area contributed by atoms with Crippen molar-refractivity contribution in [3.8, 4) is 5.75 Å². The summed E-state index contributed by atoms with van der Waals surface area (Å²) < 4.78 is 5.23. The lowest BCUT2D eigenvalue weighted by atomic mass is 9.79. The molecule has 0 unspecified atom stereocenters. The fraction of sp³-hybridized carbons (Fsp3) is 0.650. The van der Waals surface area contributed by atoms with Crippen LogP contribution >= 0.6 is 0 Å². The van der Waals surface area contributed by atoms with E-state index in [4.69, 9.17) is 4.74 Å². The molecule has 5 nitrogen and oxygen atoms in total. The van der Waals surface area contributed by atoms with Gasteiger partial charge in [0.1, 0.15) is 5.75 Å². The molecule has 1 heterocycles. The van der Waals surface area contributed by atoms with Crippen molar-refractivity contribution in [1.29, 1.82) is 0 Å². The van der Waals surface area contributed by atoms with Gasteiger partial charge in [0.25, 0.3) is 5.91 Å². The van der Waals surface area contributed by atoms with Crippen molar-refractivity contribution in [3.63, 3.8) is 0 Å². The van der Waals surface area contributed by atoms with Crippen LogP contribution in [0.3, 0.4) is 0 Å². The van der Waals surface area contributed by atoms with Crippen molar-refractivity contribution in [2.45, 2.75) is 37.6 Å². The highest BCUT2D eigenvalue weighted by Crippen LogP contribution is 2.34. The first-order valence-corrected chi connectivity index (χ1v) is 9.49. The Morgan fingerprint density at radius 1 is 1.16 bits per heavy atom. The van der Waals surface area contributed by atoms with Crippen LogP contribution in [0.25, 0.3) is 0 Å². The lowest BCUT2D eigenvalue weighted by Crippen LogP contribution is -2.61. The molecule has 1 saturated heterocycles. The topological polar surface area (TPSA) is 44.8 Å². The zero-order valence-corrected chi connectivity index (χ0v) is 15.6. The van der Waals surface area contributed by atoms with Crippen LogP contribution < -0.4 is 10.1 Å². The summed E-state index contributed by atoms with van der Waals surface area (Å²) in [4.78, 5) is 17.7. The maximum Gasteiger partial charge on any atom is 0.251 e. The molecule has 0 aromatic heterocycles. The fourth-order valence-corrected chi connectivity index (χ4v) is 4.21. The summed E-state index contributed by atoms with van der Waals surface area (Å²) in [7, 11) is 3.82. The highest BCUT2D eigenvalue weighted by atomic mass is 16.5. The molecule has 2 fully saturated rings. The monoisotopic (exact) mass is 345 g/mol. The average molecular weight is 345 g/mol. The molecule has 5 heteroatoms. The van der Waals surface area contributed by atoms with Crippen LogP contribution in [0.2, 0.25) is 0 Å². The number of carbonyl (C=O) groups excluding carboxylic acids is 1. The maximum atomic E-state index is 12.6. The van der Waals surface area contributed by atoms with E-state index in [-0.39, 0.29) is 11.4 Å². The number of carbonyl (C=O) groups is 1. The minimum absolute atomic E-state index is 0.00187. The molecule has 25 heavy (non-hydrogen) atoms. The lowest BCUT2D eigenvalue weighted by Gasteiger charge is -2.49. The summed E-state index contributed by atoms with van der Waals surface area (Å²) in [6, 6.07) is 7.38. The molecule has 1 aromatic carbocycles. The number of nitrogens with one attached hydrogen (secondary N) is 1. The van der Waals surface area contributed by atoms with Gasteiger partial charge in [0, 0.05) is 43.8 Å². The van der Waals surface area contributed by atoms with Crippen molar-refractivity contribution in [2.24, 2.45) is 0 Å². The molecule has 1 amide bonds. The van der Waals surface area contributed by atoms with E-state index < -0.39 is 0 Å². The lowest BCUT2D eigenvalue weighted by molar-refractivity contribution is 0.0138. The van der Waals surface area contributed by atoms with Gasteiger partial charge in [-0.1, -0.05) is 25.3 Å². The first kappa shape index (κ1) is 18.2. The van der Waals surface area contributed by atoms with Crippen LogP contribution in [-0.4, -0.2) is 68.1 Å². The summed E-state index contributed by atoms with van der Waals surface area (Å²) in [6.45, 7) is 5.18. The van der Waals surface area contributed by atoms with Gasteiger partial charge in [-0.25, -0.2) is 0 Å². The van der Waals surface area contributed by atoms with E-state index in [9.17, 15) is 4.79 Å². The van der Waals surface area contributed by atoms with E-state index >= 15 is 0 Å². The van der Waals surface area contributed by atoms with E-state index in [2.05, 4.69) is 22.2 Å². The van der Waals surface area contributed by atoms with Gasteiger partial charge in [0.05, 0.1) is 7.11 Å². The van der Waals surface area contributed by atoms with E-state index in [0.717, 1.165) is 38.5 Å². The second-order valence-electron chi connectivity index (χ2n) is 7.49. The van der Waals surface area contributed by atoms with E-state index in [0.29, 0.717) is 5.56 Å². The number of benzene rings is 1. The summed E-state index contributed by atoms with van der Waals surface area (Å²) in [5.41, 5.74) is 0.803. The number of nitrogens with zero attached hydrogens (tertiary/aromatic N) is 2. The Kier molecular flexibility index (Phi) is 5.97. The quantitative estimate of drug-likeness (QED) is 0.890. The first-order valence-electron chi connectivity index (χ1n) is 9.49. The van der Waals surface area contributed by atoms with E-state index in [1.807, 2.05) is 18.2 Å². The maximum absolute atomic E-state index is 12.6. The molecule has 138 valence electrons. The highest BCUT2D eigenvalue weighted by molar-refractivity contribution is 5.94. The summed E-state index contributed by atoms with van der Waals surface area (Å²) in [5.74, 6) is 0.720. The Morgan fingerprint density at radius 2 is 1.88 bits per heavy atom. The molecule has 3 rings (SSSR count). The normalized spacial score (nSPS) is 21.7. The third-order valence-electron chi connectivity index (χ3n) is 5.87. The van der Waals surface area contributed by atoms with E-state index in [1.54, 1.807) is 13.2 Å². The van der Waals surface area contributed by atoms with Crippen LogP contribution in [0.4, 0.5) is 0 Å². The summed E-state index contributed by atoms with van der Waals surface area (Å²) in [6.07, 6.45) is 6.23. The molecule has 0 atom stereocenters. The van der Waals surface area contributed by atoms with Crippen LogP contribution in [0.1, 0.15) is 42.5 Å². The molecule has 0 bridgehead atoms. The van der Waals surface area contributed by atoms with Crippen molar-refractivity contribution in [3.05, 3.63) is 29.8 Å². The predicted octanol–water partition coefficient (Wildman–Crippen LogP) is 2.38. The van der Waals surface area contributed by atoms with Gasteiger partial charge < -0.3 is 15.0 Å². The molecule has 1 saturated carbocycles. The van der Waals surface area contributed by atoms with Crippen molar-refractivity contribution in [2.75, 3.05) is 46.9 Å². The van der Waals surface area contributed by atoms with Crippen molar-refractivity contribution in [1.82, 2.24) is 15.1 Å². The second kappa shape index (κ2) is 8.19. The van der Waals surface area contributed by atoms with Gasteiger partial charge in [0.15, 0.2) is 0 Å². The van der Waals surface area contributed by atoms with Crippen molar-refractivity contribution >= 4 is 5.91 Å². The van der Waals surface area contributed by atoms with Crippen LogP contribution in [0.15, 0.2) is 24.3 Å². The zero-order valence-electron chi connectivity index (χ0n) is 15.6. The molecule has 1 aliphatic heterocycles. The van der Waals surface area contributed by atoms with Gasteiger partial charge in [0.2, 0.25) is 0 Å². The number of hydrogen-bond acceptors (Lipinski definition) is 4. The number of amides is 1. The minimum atomic E-state index is -0.00187. The Morgan fingerprint density at radius 3 is 2.56 bits per heavy atom. The van der Waals surface area contributed by atoms with Crippen LogP contribution in [0, 0.1) is 0 Å². The number of ether oxygens (including phenoxy) is 1. The SMILES string of the molecule is COc1cccc(C(=O)NCC2(N3CCN(C)CC3)CCCCC2)c1. The molecular formula is C20H31N3O2. The molecule has 2 aliphatic rings. The van der Waals surface area contributed by atoms with Gasteiger partial charge in [-0.2, -0.15) is 0 Å². The third kappa shape index (κ3) is 4.33. The average Bonchev–Trinajstić information content (AvgIpc) is 2.67. The second-order valence-corrected chi connectivity index (χ2v) is 7.49. The number of methoxy groups -OCH3 is 1.